The largest absolute Gasteiger partial charge is 0.497 e. The van der Waals surface area contributed by atoms with Gasteiger partial charge in [0.25, 0.3) is 5.91 Å². The molecule has 168 valence electrons. The minimum Gasteiger partial charge on any atom is -0.497 e. The molecule has 0 fully saturated rings. The molecule has 6 nitrogen and oxygen atoms in total. The maximum atomic E-state index is 13.1. The molecule has 0 aliphatic rings. The smallest absolute Gasteiger partial charge is 0.252 e. The molecule has 7 heteroatoms. The van der Waals surface area contributed by atoms with E-state index in [0.717, 1.165) is 11.1 Å². The second-order valence-electron chi connectivity index (χ2n) is 7.39. The van der Waals surface area contributed by atoms with Crippen molar-refractivity contribution in [1.82, 2.24) is 10.3 Å². The molecule has 1 amide bonds. The molecule has 0 bridgehead atoms. The number of carbonyl (C=O) groups excluding carboxylic acids is 1. The van der Waals surface area contributed by atoms with Gasteiger partial charge in [0.05, 0.1) is 37.6 Å². The molecular formula is C26H23ClN2O4. The molecule has 0 aliphatic heterocycles. The third-order valence-electron chi connectivity index (χ3n) is 5.30. The fourth-order valence-corrected chi connectivity index (χ4v) is 3.63. The molecule has 3 aromatic carbocycles. The number of amides is 1. The second-order valence-corrected chi connectivity index (χ2v) is 7.82. The van der Waals surface area contributed by atoms with Crippen molar-refractivity contribution >= 4 is 17.5 Å². The van der Waals surface area contributed by atoms with Gasteiger partial charge in [-0.15, -0.1) is 0 Å². The van der Waals surface area contributed by atoms with Gasteiger partial charge in [0.1, 0.15) is 11.5 Å². The summed E-state index contributed by atoms with van der Waals surface area (Å²) in [5.41, 5.74) is 2.75. The van der Waals surface area contributed by atoms with Crippen molar-refractivity contribution in [3.05, 3.63) is 89.1 Å². The van der Waals surface area contributed by atoms with Crippen LogP contribution in [0.1, 0.15) is 28.9 Å². The van der Waals surface area contributed by atoms with Gasteiger partial charge < -0.3 is 19.2 Å². The van der Waals surface area contributed by atoms with Crippen molar-refractivity contribution < 1.29 is 18.7 Å². The van der Waals surface area contributed by atoms with Crippen LogP contribution in [-0.4, -0.2) is 25.1 Å². The number of methoxy groups -OCH3 is 2. The first-order valence-corrected chi connectivity index (χ1v) is 10.7. The molecule has 33 heavy (non-hydrogen) atoms. The molecule has 0 aliphatic carbocycles. The van der Waals surface area contributed by atoms with E-state index in [1.807, 2.05) is 49.4 Å². The molecule has 1 aromatic heterocycles. The van der Waals surface area contributed by atoms with Crippen LogP contribution in [0.25, 0.3) is 22.8 Å². The second kappa shape index (κ2) is 9.79. The Balaban J connectivity index is 1.61. The number of ether oxygens (including phenoxy) is 2. The standard InChI is InChI=1S/C26H23ClN2O4/c1-16(17-8-10-18(27)11-9-17)29-25(30)20-6-4-5-7-21(20)26-28-15-24(33-26)22-13-12-19(31-2)14-23(22)32-3/h4-16H,1-3H3,(H,29,30). The van der Waals surface area contributed by atoms with E-state index < -0.39 is 0 Å². The molecule has 1 unspecified atom stereocenters. The molecule has 0 radical (unpaired) electrons. The Hall–Kier alpha value is -3.77. The first kappa shape index (κ1) is 22.4. The minimum atomic E-state index is -0.227. The molecule has 0 spiro atoms. The predicted molar refractivity (Wildman–Crippen MR) is 128 cm³/mol. The van der Waals surface area contributed by atoms with Gasteiger partial charge in [-0.1, -0.05) is 35.9 Å². The van der Waals surface area contributed by atoms with Crippen LogP contribution in [-0.2, 0) is 0 Å². The number of hydrogen-bond donors (Lipinski definition) is 1. The molecule has 1 atom stereocenters. The van der Waals surface area contributed by atoms with Gasteiger partial charge in [-0.25, -0.2) is 4.98 Å². The third kappa shape index (κ3) is 4.86. The number of hydrogen-bond acceptors (Lipinski definition) is 5. The van der Waals surface area contributed by atoms with Crippen molar-refractivity contribution in [3.8, 4) is 34.3 Å². The highest BCUT2D eigenvalue weighted by Crippen LogP contribution is 2.35. The first-order valence-electron chi connectivity index (χ1n) is 10.3. The average Bonchev–Trinajstić information content (AvgIpc) is 3.34. The Bertz CT molecular complexity index is 1270. The lowest BCUT2D eigenvalue weighted by molar-refractivity contribution is 0.0940. The zero-order chi connectivity index (χ0) is 23.4. The van der Waals surface area contributed by atoms with Gasteiger partial charge in [0.2, 0.25) is 5.89 Å². The molecule has 1 N–H and O–H groups in total. The highest BCUT2D eigenvalue weighted by molar-refractivity contribution is 6.30. The summed E-state index contributed by atoms with van der Waals surface area (Å²) in [7, 11) is 3.17. The van der Waals surface area contributed by atoms with Crippen molar-refractivity contribution in [2.24, 2.45) is 0 Å². The van der Waals surface area contributed by atoms with E-state index in [4.69, 9.17) is 25.5 Å². The Kier molecular flexibility index (Phi) is 6.66. The molecule has 1 heterocycles. The molecular weight excluding hydrogens is 440 g/mol. The monoisotopic (exact) mass is 462 g/mol. The summed E-state index contributed by atoms with van der Waals surface area (Å²) in [5, 5.41) is 3.68. The van der Waals surface area contributed by atoms with Crippen LogP contribution in [0, 0.1) is 0 Å². The van der Waals surface area contributed by atoms with Crippen LogP contribution >= 0.6 is 11.6 Å². The van der Waals surface area contributed by atoms with Crippen LogP contribution in [0.2, 0.25) is 5.02 Å². The molecule has 4 rings (SSSR count). The van der Waals surface area contributed by atoms with Crippen molar-refractivity contribution in [3.63, 3.8) is 0 Å². The number of carbonyl (C=O) groups is 1. The summed E-state index contributed by atoms with van der Waals surface area (Å²) < 4.78 is 16.8. The summed E-state index contributed by atoms with van der Waals surface area (Å²) in [4.78, 5) is 17.5. The van der Waals surface area contributed by atoms with Gasteiger partial charge in [-0.2, -0.15) is 0 Å². The zero-order valence-electron chi connectivity index (χ0n) is 18.5. The van der Waals surface area contributed by atoms with Crippen LogP contribution in [0.3, 0.4) is 0 Å². The minimum absolute atomic E-state index is 0.202. The molecule has 0 saturated carbocycles. The summed E-state index contributed by atoms with van der Waals surface area (Å²) in [6.45, 7) is 1.92. The van der Waals surface area contributed by atoms with Crippen LogP contribution in [0.5, 0.6) is 11.5 Å². The SMILES string of the molecule is COc1ccc(-c2cnc(-c3ccccc3C(=O)NC(C)c3ccc(Cl)cc3)o2)c(OC)c1. The topological polar surface area (TPSA) is 73.6 Å². The lowest BCUT2D eigenvalue weighted by Gasteiger charge is -2.15. The van der Waals surface area contributed by atoms with Gasteiger partial charge in [0, 0.05) is 16.7 Å². The Morgan fingerprint density at radius 2 is 1.76 bits per heavy atom. The summed E-state index contributed by atoms with van der Waals surface area (Å²) in [5.74, 6) is 1.91. The highest BCUT2D eigenvalue weighted by atomic mass is 35.5. The van der Waals surface area contributed by atoms with Gasteiger partial charge in [-0.3, -0.25) is 4.79 Å². The molecule has 4 aromatic rings. The molecule has 0 saturated heterocycles. The van der Waals surface area contributed by atoms with E-state index in [1.54, 1.807) is 44.7 Å². The van der Waals surface area contributed by atoms with E-state index in [-0.39, 0.29) is 11.9 Å². The van der Waals surface area contributed by atoms with Crippen molar-refractivity contribution in [1.29, 1.82) is 0 Å². The van der Waals surface area contributed by atoms with Crippen molar-refractivity contribution in [2.45, 2.75) is 13.0 Å². The van der Waals surface area contributed by atoms with Gasteiger partial charge in [-0.05, 0) is 48.9 Å². The summed E-state index contributed by atoms with van der Waals surface area (Å²) in [6.07, 6.45) is 1.62. The fourth-order valence-electron chi connectivity index (χ4n) is 3.50. The van der Waals surface area contributed by atoms with Gasteiger partial charge >= 0.3 is 0 Å². The number of oxazole rings is 1. The number of nitrogens with one attached hydrogen (secondary N) is 1. The van der Waals surface area contributed by atoms with E-state index in [1.165, 1.54) is 0 Å². The fraction of sp³-hybridized carbons (Fsp3) is 0.154. The lowest BCUT2D eigenvalue weighted by Crippen LogP contribution is -2.27. The van der Waals surface area contributed by atoms with Gasteiger partial charge in [0.15, 0.2) is 5.76 Å². The van der Waals surface area contributed by atoms with Crippen LogP contribution in [0.4, 0.5) is 0 Å². The van der Waals surface area contributed by atoms with E-state index in [2.05, 4.69) is 10.3 Å². The number of rotatable bonds is 7. The summed E-state index contributed by atoms with van der Waals surface area (Å²) >= 11 is 5.97. The number of halogens is 1. The lowest BCUT2D eigenvalue weighted by atomic mass is 10.0. The Morgan fingerprint density at radius 1 is 1.00 bits per heavy atom. The first-order chi connectivity index (χ1) is 16.0. The van der Waals surface area contributed by atoms with E-state index in [9.17, 15) is 4.79 Å². The van der Waals surface area contributed by atoms with E-state index in [0.29, 0.717) is 39.3 Å². The zero-order valence-corrected chi connectivity index (χ0v) is 19.2. The third-order valence-corrected chi connectivity index (χ3v) is 5.55. The van der Waals surface area contributed by atoms with E-state index >= 15 is 0 Å². The maximum Gasteiger partial charge on any atom is 0.252 e. The predicted octanol–water partition coefficient (Wildman–Crippen LogP) is 6.17. The maximum absolute atomic E-state index is 13.1. The summed E-state index contributed by atoms with van der Waals surface area (Å²) in [6, 6.07) is 19.8. The number of aromatic nitrogens is 1. The van der Waals surface area contributed by atoms with Crippen LogP contribution < -0.4 is 14.8 Å². The Labute approximate surface area is 197 Å². The normalized spacial score (nSPS) is 11.6. The Morgan fingerprint density at radius 3 is 2.48 bits per heavy atom. The highest BCUT2D eigenvalue weighted by Gasteiger charge is 2.20. The number of nitrogens with zero attached hydrogens (tertiary/aromatic N) is 1. The van der Waals surface area contributed by atoms with Crippen LogP contribution in [0.15, 0.2) is 77.3 Å². The average molecular weight is 463 g/mol. The quantitative estimate of drug-likeness (QED) is 0.355. The number of benzene rings is 3. The van der Waals surface area contributed by atoms with Crippen molar-refractivity contribution in [2.75, 3.05) is 14.2 Å².